The monoisotopic (exact) mass is 332 g/mol. The third-order valence-corrected chi connectivity index (χ3v) is 3.22. The predicted octanol–water partition coefficient (Wildman–Crippen LogP) is 2.34. The minimum Gasteiger partial charge on any atom is -0.487 e. The Hall–Kier alpha value is -0.980. The Bertz CT molecular complexity index is 446. The second-order valence-corrected chi connectivity index (χ2v) is 5.13. The largest absolute Gasteiger partial charge is 0.487 e. The van der Waals surface area contributed by atoms with Crippen LogP contribution in [0.1, 0.15) is 6.42 Å². The lowest BCUT2D eigenvalue weighted by atomic mass is 9.90. The lowest BCUT2D eigenvalue weighted by Crippen LogP contribution is -2.52. The van der Waals surface area contributed by atoms with Gasteiger partial charge in [-0.25, -0.2) is 4.39 Å². The molecule has 1 aliphatic rings. The van der Waals surface area contributed by atoms with Crippen LogP contribution >= 0.6 is 15.9 Å². The van der Waals surface area contributed by atoms with E-state index in [9.17, 15) is 9.18 Å². The van der Waals surface area contributed by atoms with Crippen LogP contribution in [0.2, 0.25) is 0 Å². The van der Waals surface area contributed by atoms with E-state index in [1.807, 2.05) is 0 Å². The molecule has 1 fully saturated rings. The van der Waals surface area contributed by atoms with E-state index in [2.05, 4.69) is 15.9 Å². The number of carbonyl (C=O) groups is 1. The molecule has 0 aliphatic heterocycles. The van der Waals surface area contributed by atoms with Crippen LogP contribution in [0.5, 0.6) is 5.75 Å². The number of methoxy groups -OCH3 is 1. The zero-order valence-corrected chi connectivity index (χ0v) is 12.0. The van der Waals surface area contributed by atoms with E-state index < -0.39 is 11.9 Å². The van der Waals surface area contributed by atoms with Crippen molar-refractivity contribution in [2.24, 2.45) is 0 Å². The van der Waals surface area contributed by atoms with Crippen LogP contribution in [0.4, 0.5) is 4.39 Å². The van der Waals surface area contributed by atoms with Gasteiger partial charge in [-0.05, 0) is 12.1 Å². The summed E-state index contributed by atoms with van der Waals surface area (Å²) in [5.74, 6) is -0.0202. The standard InChI is InChI=1S/C13H14BrFO4/c1-17-2-3-18-13-11(16)7-12(13)19-10-5-8(14)4-9(15)6-10/h4-6,12-13H,2-3,7H2,1H3. The average Bonchev–Trinajstić information content (AvgIpc) is 2.33. The zero-order chi connectivity index (χ0) is 13.8. The van der Waals surface area contributed by atoms with Gasteiger partial charge >= 0.3 is 0 Å². The van der Waals surface area contributed by atoms with E-state index >= 15 is 0 Å². The minimum atomic E-state index is -0.586. The second kappa shape index (κ2) is 6.45. The smallest absolute Gasteiger partial charge is 0.169 e. The summed E-state index contributed by atoms with van der Waals surface area (Å²) in [5.41, 5.74) is 0. The summed E-state index contributed by atoms with van der Waals surface area (Å²) in [5, 5.41) is 0. The molecule has 1 aromatic rings. The van der Waals surface area contributed by atoms with Crippen molar-refractivity contribution in [1.82, 2.24) is 0 Å². The van der Waals surface area contributed by atoms with Gasteiger partial charge in [-0.1, -0.05) is 15.9 Å². The van der Waals surface area contributed by atoms with Gasteiger partial charge in [0, 0.05) is 24.1 Å². The summed E-state index contributed by atoms with van der Waals surface area (Å²) in [4.78, 5) is 11.4. The van der Waals surface area contributed by atoms with Gasteiger partial charge in [-0.3, -0.25) is 4.79 Å². The molecule has 19 heavy (non-hydrogen) atoms. The fourth-order valence-corrected chi connectivity index (χ4v) is 2.25. The highest BCUT2D eigenvalue weighted by Gasteiger charge is 2.42. The highest BCUT2D eigenvalue weighted by Crippen LogP contribution is 2.28. The molecule has 2 atom stereocenters. The summed E-state index contributed by atoms with van der Waals surface area (Å²) in [6, 6.07) is 4.27. The first-order valence-corrected chi connectivity index (χ1v) is 6.65. The quantitative estimate of drug-likeness (QED) is 0.750. The zero-order valence-electron chi connectivity index (χ0n) is 10.4. The summed E-state index contributed by atoms with van der Waals surface area (Å²) in [6.07, 6.45) is -0.665. The number of benzene rings is 1. The van der Waals surface area contributed by atoms with Gasteiger partial charge in [-0.2, -0.15) is 0 Å². The van der Waals surface area contributed by atoms with Gasteiger partial charge in [0.05, 0.1) is 13.2 Å². The molecule has 0 amide bonds. The molecule has 0 radical (unpaired) electrons. The van der Waals surface area contributed by atoms with Crippen LogP contribution in [-0.4, -0.2) is 38.3 Å². The van der Waals surface area contributed by atoms with Crippen molar-refractivity contribution < 1.29 is 23.4 Å². The number of Topliss-reactive ketones (excluding diaryl/α,β-unsaturated/α-hetero) is 1. The number of carbonyl (C=O) groups excluding carboxylic acids is 1. The van der Waals surface area contributed by atoms with E-state index in [-0.39, 0.29) is 18.3 Å². The Morgan fingerprint density at radius 2 is 2.16 bits per heavy atom. The highest BCUT2D eigenvalue weighted by atomic mass is 79.9. The molecular formula is C13H14BrFO4. The van der Waals surface area contributed by atoms with Gasteiger partial charge < -0.3 is 14.2 Å². The van der Waals surface area contributed by atoms with E-state index in [0.29, 0.717) is 23.4 Å². The number of ether oxygens (including phenoxy) is 3. The molecule has 2 rings (SSSR count). The molecule has 0 spiro atoms. The predicted molar refractivity (Wildman–Crippen MR) is 69.8 cm³/mol. The van der Waals surface area contributed by atoms with Crippen molar-refractivity contribution in [3.05, 3.63) is 28.5 Å². The Labute approximate surface area is 119 Å². The first-order valence-electron chi connectivity index (χ1n) is 5.86. The van der Waals surface area contributed by atoms with Crippen LogP contribution in [0.25, 0.3) is 0 Å². The van der Waals surface area contributed by atoms with Crippen LogP contribution in [0.15, 0.2) is 22.7 Å². The number of hydrogen-bond donors (Lipinski definition) is 0. The van der Waals surface area contributed by atoms with Gasteiger partial charge in [0.2, 0.25) is 0 Å². The van der Waals surface area contributed by atoms with Crippen molar-refractivity contribution in [2.75, 3.05) is 20.3 Å². The van der Waals surface area contributed by atoms with Crippen LogP contribution in [0, 0.1) is 5.82 Å². The van der Waals surface area contributed by atoms with Crippen LogP contribution < -0.4 is 4.74 Å². The molecule has 0 heterocycles. The topological polar surface area (TPSA) is 44.8 Å². The van der Waals surface area contributed by atoms with Crippen LogP contribution in [0.3, 0.4) is 0 Å². The fourth-order valence-electron chi connectivity index (χ4n) is 1.80. The summed E-state index contributed by atoms with van der Waals surface area (Å²) in [7, 11) is 1.56. The number of ketones is 1. The molecule has 104 valence electrons. The summed E-state index contributed by atoms with van der Waals surface area (Å²) < 4.78 is 29.6. The first kappa shape index (κ1) is 14.4. The maximum Gasteiger partial charge on any atom is 0.169 e. The molecule has 1 aromatic carbocycles. The second-order valence-electron chi connectivity index (χ2n) is 4.22. The van der Waals surface area contributed by atoms with Gasteiger partial charge in [0.25, 0.3) is 0 Å². The average molecular weight is 333 g/mol. The van der Waals surface area contributed by atoms with Gasteiger partial charge in [0.15, 0.2) is 11.9 Å². The van der Waals surface area contributed by atoms with E-state index in [1.54, 1.807) is 13.2 Å². The third-order valence-electron chi connectivity index (χ3n) is 2.77. The maximum absolute atomic E-state index is 13.2. The molecular weight excluding hydrogens is 319 g/mol. The Balaban J connectivity index is 1.93. The number of halogens is 2. The Morgan fingerprint density at radius 3 is 2.79 bits per heavy atom. The number of hydrogen-bond acceptors (Lipinski definition) is 4. The van der Waals surface area contributed by atoms with E-state index in [0.717, 1.165) is 0 Å². The van der Waals surface area contributed by atoms with Crippen molar-refractivity contribution in [3.63, 3.8) is 0 Å². The molecule has 4 nitrogen and oxygen atoms in total. The van der Waals surface area contributed by atoms with Crippen molar-refractivity contribution in [3.8, 4) is 5.75 Å². The van der Waals surface area contributed by atoms with Crippen molar-refractivity contribution in [2.45, 2.75) is 18.6 Å². The van der Waals surface area contributed by atoms with Crippen molar-refractivity contribution >= 4 is 21.7 Å². The summed E-state index contributed by atoms with van der Waals surface area (Å²) in [6.45, 7) is 0.752. The molecule has 0 bridgehead atoms. The molecule has 6 heteroatoms. The molecule has 2 unspecified atom stereocenters. The number of rotatable bonds is 6. The SMILES string of the molecule is COCCOC1C(=O)CC1Oc1cc(F)cc(Br)c1. The lowest BCUT2D eigenvalue weighted by molar-refractivity contribution is -0.156. The Morgan fingerprint density at radius 1 is 1.37 bits per heavy atom. The normalized spacial score (nSPS) is 22.2. The van der Waals surface area contributed by atoms with Crippen LogP contribution in [-0.2, 0) is 14.3 Å². The molecule has 0 N–H and O–H groups in total. The first-order chi connectivity index (χ1) is 9.10. The molecule has 0 aromatic heterocycles. The highest BCUT2D eigenvalue weighted by molar-refractivity contribution is 9.10. The maximum atomic E-state index is 13.2. The van der Waals surface area contributed by atoms with Gasteiger partial charge in [-0.15, -0.1) is 0 Å². The summed E-state index contributed by atoms with van der Waals surface area (Å²) >= 11 is 3.19. The van der Waals surface area contributed by atoms with Gasteiger partial charge in [0.1, 0.15) is 17.7 Å². The minimum absolute atomic E-state index is 0.00317. The van der Waals surface area contributed by atoms with Crippen molar-refractivity contribution in [1.29, 1.82) is 0 Å². The molecule has 0 saturated heterocycles. The fraction of sp³-hybridized carbons (Fsp3) is 0.462. The lowest BCUT2D eigenvalue weighted by Gasteiger charge is -2.34. The van der Waals surface area contributed by atoms with E-state index in [1.165, 1.54) is 12.1 Å². The molecule has 1 aliphatic carbocycles. The van der Waals surface area contributed by atoms with E-state index in [4.69, 9.17) is 14.2 Å². The Kier molecular flexibility index (Phi) is 4.90. The third kappa shape index (κ3) is 3.75. The molecule has 1 saturated carbocycles.